The molecule has 0 aliphatic rings. The van der Waals surface area contributed by atoms with Crippen LogP contribution in [0.3, 0.4) is 0 Å². The topological polar surface area (TPSA) is 35.8 Å². The number of nitriles is 1. The molecule has 0 spiro atoms. The largest absolute Gasteiger partial charge is 0.295 e. The van der Waals surface area contributed by atoms with Crippen molar-refractivity contribution in [3.05, 3.63) is 47.0 Å². The second-order valence-electron chi connectivity index (χ2n) is 4.05. The van der Waals surface area contributed by atoms with Gasteiger partial charge in [0.1, 0.15) is 6.04 Å². The highest BCUT2D eigenvalue weighted by Gasteiger charge is 2.12. The summed E-state index contributed by atoms with van der Waals surface area (Å²) in [5.74, 6) is 0. The second kappa shape index (κ2) is 5.48. The van der Waals surface area contributed by atoms with Gasteiger partial charge < -0.3 is 0 Å². The van der Waals surface area contributed by atoms with E-state index in [2.05, 4.69) is 43.9 Å². The van der Waals surface area contributed by atoms with Crippen LogP contribution in [0, 0.1) is 32.1 Å². The van der Waals surface area contributed by atoms with E-state index >= 15 is 0 Å². The molecule has 0 saturated heterocycles. The van der Waals surface area contributed by atoms with Crippen molar-refractivity contribution in [1.29, 1.82) is 5.26 Å². The molecule has 0 aliphatic heterocycles. The minimum atomic E-state index is -0.253. The molecule has 1 unspecified atom stereocenters. The number of nitrogens with zero attached hydrogens (tertiary/aromatic N) is 1. The van der Waals surface area contributed by atoms with E-state index in [0.29, 0.717) is 6.54 Å². The van der Waals surface area contributed by atoms with Gasteiger partial charge in [0.2, 0.25) is 0 Å². The van der Waals surface area contributed by atoms with Crippen molar-refractivity contribution in [2.24, 2.45) is 0 Å². The van der Waals surface area contributed by atoms with Gasteiger partial charge in [-0.1, -0.05) is 18.2 Å². The van der Waals surface area contributed by atoms with Gasteiger partial charge in [0.25, 0.3) is 0 Å². The van der Waals surface area contributed by atoms with Crippen LogP contribution in [0.5, 0.6) is 0 Å². The van der Waals surface area contributed by atoms with Crippen LogP contribution < -0.4 is 5.32 Å². The standard InChI is InChI=1S/C14H18N2/c1-5-6-16-14(9-15)13-8-11(3)10(2)7-12(13)4/h5,7-8,14,16H,1,6H2,2-4H3. The smallest absolute Gasteiger partial charge is 0.121 e. The van der Waals surface area contributed by atoms with Gasteiger partial charge in [-0.25, -0.2) is 0 Å². The Bertz CT molecular complexity index is 427. The maximum atomic E-state index is 9.14. The summed E-state index contributed by atoms with van der Waals surface area (Å²) >= 11 is 0. The number of hydrogen-bond donors (Lipinski definition) is 1. The lowest BCUT2D eigenvalue weighted by Gasteiger charge is -2.15. The Hall–Kier alpha value is -1.59. The minimum absolute atomic E-state index is 0.253. The number of benzene rings is 1. The van der Waals surface area contributed by atoms with Crippen LogP contribution in [0.1, 0.15) is 28.3 Å². The third-order valence-electron chi connectivity index (χ3n) is 2.79. The molecule has 0 amide bonds. The zero-order valence-corrected chi connectivity index (χ0v) is 10.2. The summed E-state index contributed by atoms with van der Waals surface area (Å²) in [6.07, 6.45) is 1.76. The molecular formula is C14H18N2. The van der Waals surface area contributed by atoms with Crippen LogP contribution in [0.25, 0.3) is 0 Å². The molecule has 16 heavy (non-hydrogen) atoms. The first-order valence-electron chi connectivity index (χ1n) is 5.41. The van der Waals surface area contributed by atoms with Gasteiger partial charge in [0.15, 0.2) is 0 Å². The van der Waals surface area contributed by atoms with E-state index in [1.54, 1.807) is 6.08 Å². The molecule has 84 valence electrons. The first kappa shape index (κ1) is 12.5. The van der Waals surface area contributed by atoms with Gasteiger partial charge in [-0.05, 0) is 43.0 Å². The van der Waals surface area contributed by atoms with Gasteiger partial charge in [-0.2, -0.15) is 5.26 Å². The summed E-state index contributed by atoms with van der Waals surface area (Å²) in [5, 5.41) is 12.3. The van der Waals surface area contributed by atoms with Crippen LogP contribution in [-0.2, 0) is 0 Å². The Kier molecular flexibility index (Phi) is 4.28. The molecule has 0 saturated carbocycles. The zero-order valence-electron chi connectivity index (χ0n) is 10.2. The van der Waals surface area contributed by atoms with Crippen LogP contribution in [0.15, 0.2) is 24.8 Å². The van der Waals surface area contributed by atoms with Crippen molar-refractivity contribution in [3.63, 3.8) is 0 Å². The monoisotopic (exact) mass is 214 g/mol. The van der Waals surface area contributed by atoms with E-state index in [9.17, 15) is 0 Å². The summed E-state index contributed by atoms with van der Waals surface area (Å²) in [4.78, 5) is 0. The molecule has 1 N–H and O–H groups in total. The summed E-state index contributed by atoms with van der Waals surface area (Å²) < 4.78 is 0. The lowest BCUT2D eigenvalue weighted by atomic mass is 9.96. The minimum Gasteiger partial charge on any atom is -0.295 e. The fourth-order valence-electron chi connectivity index (χ4n) is 1.72. The number of nitrogens with one attached hydrogen (secondary N) is 1. The predicted octanol–water partition coefficient (Wildman–Crippen LogP) is 2.95. The first-order valence-corrected chi connectivity index (χ1v) is 5.41. The van der Waals surface area contributed by atoms with Crippen molar-refractivity contribution in [1.82, 2.24) is 5.32 Å². The molecule has 0 radical (unpaired) electrons. The van der Waals surface area contributed by atoms with Crippen LogP contribution in [0.2, 0.25) is 0 Å². The Balaban J connectivity index is 3.06. The molecule has 2 nitrogen and oxygen atoms in total. The number of hydrogen-bond acceptors (Lipinski definition) is 2. The van der Waals surface area contributed by atoms with Gasteiger partial charge in [-0.3, -0.25) is 5.32 Å². The Morgan fingerprint density at radius 1 is 1.31 bits per heavy atom. The highest BCUT2D eigenvalue weighted by Crippen LogP contribution is 2.21. The van der Waals surface area contributed by atoms with E-state index in [1.807, 2.05) is 6.92 Å². The lowest BCUT2D eigenvalue weighted by Crippen LogP contribution is -2.20. The first-order chi connectivity index (χ1) is 7.60. The summed E-state index contributed by atoms with van der Waals surface area (Å²) in [5.41, 5.74) is 4.71. The lowest BCUT2D eigenvalue weighted by molar-refractivity contribution is 0.679. The molecule has 0 fully saturated rings. The fraction of sp³-hybridized carbons (Fsp3) is 0.357. The average Bonchev–Trinajstić information content (AvgIpc) is 2.26. The van der Waals surface area contributed by atoms with Crippen molar-refractivity contribution in [2.45, 2.75) is 26.8 Å². The van der Waals surface area contributed by atoms with Crippen LogP contribution in [-0.4, -0.2) is 6.54 Å². The zero-order chi connectivity index (χ0) is 12.1. The van der Waals surface area contributed by atoms with E-state index in [4.69, 9.17) is 5.26 Å². The maximum Gasteiger partial charge on any atom is 0.121 e. The summed E-state index contributed by atoms with van der Waals surface area (Å²) in [6, 6.07) is 6.25. The van der Waals surface area contributed by atoms with Gasteiger partial charge in [-0.15, -0.1) is 6.58 Å². The van der Waals surface area contributed by atoms with E-state index in [0.717, 1.165) is 11.1 Å². The maximum absolute atomic E-state index is 9.14. The summed E-state index contributed by atoms with van der Waals surface area (Å²) in [7, 11) is 0. The van der Waals surface area contributed by atoms with Gasteiger partial charge in [0.05, 0.1) is 6.07 Å². The third kappa shape index (κ3) is 2.71. The number of rotatable bonds is 4. The molecule has 1 rings (SSSR count). The SMILES string of the molecule is C=CCNC(C#N)c1cc(C)c(C)cc1C. The second-order valence-corrected chi connectivity index (χ2v) is 4.05. The normalized spacial score (nSPS) is 11.9. The van der Waals surface area contributed by atoms with Crippen molar-refractivity contribution >= 4 is 0 Å². The van der Waals surface area contributed by atoms with Crippen molar-refractivity contribution < 1.29 is 0 Å². The Morgan fingerprint density at radius 3 is 2.50 bits per heavy atom. The molecule has 0 aromatic heterocycles. The predicted molar refractivity (Wildman–Crippen MR) is 67.2 cm³/mol. The summed E-state index contributed by atoms with van der Waals surface area (Å²) in [6.45, 7) is 10.5. The molecule has 1 aromatic carbocycles. The van der Waals surface area contributed by atoms with Gasteiger partial charge >= 0.3 is 0 Å². The quantitative estimate of drug-likeness (QED) is 0.782. The van der Waals surface area contributed by atoms with Crippen LogP contribution in [0.4, 0.5) is 0 Å². The highest BCUT2D eigenvalue weighted by molar-refractivity contribution is 5.40. The highest BCUT2D eigenvalue weighted by atomic mass is 14.9. The van der Waals surface area contributed by atoms with Crippen molar-refractivity contribution in [3.8, 4) is 6.07 Å². The Morgan fingerprint density at radius 2 is 1.94 bits per heavy atom. The molecule has 1 atom stereocenters. The average molecular weight is 214 g/mol. The Labute approximate surface area is 97.6 Å². The van der Waals surface area contributed by atoms with Crippen LogP contribution >= 0.6 is 0 Å². The van der Waals surface area contributed by atoms with E-state index < -0.39 is 0 Å². The van der Waals surface area contributed by atoms with E-state index in [1.165, 1.54) is 11.1 Å². The molecule has 1 aromatic rings. The molecule has 2 heteroatoms. The number of aryl methyl sites for hydroxylation is 3. The molecule has 0 bridgehead atoms. The fourth-order valence-corrected chi connectivity index (χ4v) is 1.72. The molecule has 0 heterocycles. The van der Waals surface area contributed by atoms with Gasteiger partial charge in [0, 0.05) is 6.54 Å². The van der Waals surface area contributed by atoms with Crippen molar-refractivity contribution in [2.75, 3.05) is 6.54 Å². The third-order valence-corrected chi connectivity index (χ3v) is 2.79. The van der Waals surface area contributed by atoms with E-state index in [-0.39, 0.29) is 6.04 Å². The molecule has 0 aliphatic carbocycles. The molecular weight excluding hydrogens is 196 g/mol.